The average Bonchev–Trinajstić information content (AvgIpc) is 3.36. The number of methoxy groups -OCH3 is 1. The zero-order valence-corrected chi connectivity index (χ0v) is 20.4. The smallest absolute Gasteiger partial charge is 0.255 e. The minimum atomic E-state index is -0.588. The first-order valence-electron chi connectivity index (χ1n) is 11.2. The van der Waals surface area contributed by atoms with E-state index in [1.165, 1.54) is 0 Å². The van der Waals surface area contributed by atoms with Gasteiger partial charge in [-0.25, -0.2) is 0 Å². The molecule has 9 nitrogen and oxygen atoms in total. The van der Waals surface area contributed by atoms with E-state index in [0.29, 0.717) is 46.0 Å². The Labute approximate surface area is 212 Å². The summed E-state index contributed by atoms with van der Waals surface area (Å²) in [5, 5.41) is 18.7. The Morgan fingerprint density at radius 3 is 2.75 bits per heavy atom. The van der Waals surface area contributed by atoms with Crippen molar-refractivity contribution in [3.63, 3.8) is 0 Å². The van der Waals surface area contributed by atoms with Gasteiger partial charge in [-0.1, -0.05) is 59.2 Å². The number of hydrogen-bond donors (Lipinski definition) is 2. The fourth-order valence-electron chi connectivity index (χ4n) is 4.10. The topological polar surface area (TPSA) is 103 Å². The van der Waals surface area contributed by atoms with Gasteiger partial charge in [0.25, 0.3) is 5.91 Å². The van der Waals surface area contributed by atoms with Crippen LogP contribution in [0.3, 0.4) is 0 Å². The third-order valence-electron chi connectivity index (χ3n) is 5.84. The number of amides is 1. The van der Waals surface area contributed by atoms with Crippen molar-refractivity contribution in [2.24, 2.45) is 0 Å². The number of carbonyl (C=O) groups excluding carboxylic acids is 1. The van der Waals surface area contributed by atoms with Gasteiger partial charge in [0.15, 0.2) is 0 Å². The molecule has 1 unspecified atom stereocenters. The summed E-state index contributed by atoms with van der Waals surface area (Å²) in [5.41, 5.74) is 3.32. The highest BCUT2D eigenvalue weighted by Crippen LogP contribution is 2.37. The molecule has 1 atom stereocenters. The first kappa shape index (κ1) is 23.4. The molecule has 5 rings (SSSR count). The van der Waals surface area contributed by atoms with Crippen molar-refractivity contribution in [2.75, 3.05) is 17.7 Å². The van der Waals surface area contributed by atoms with Gasteiger partial charge < -0.3 is 20.1 Å². The lowest BCUT2D eigenvalue weighted by Gasteiger charge is -2.28. The van der Waals surface area contributed by atoms with Crippen molar-refractivity contribution in [3.05, 3.63) is 100 Å². The van der Waals surface area contributed by atoms with Crippen LogP contribution in [0, 0.1) is 0 Å². The lowest BCUT2D eigenvalue weighted by molar-refractivity contribution is -0.113. The molecule has 3 aromatic carbocycles. The number of allylic oxidation sites excluding steroid dienone is 1. The summed E-state index contributed by atoms with van der Waals surface area (Å²) in [5.74, 6) is 1.32. The second-order valence-electron chi connectivity index (χ2n) is 8.12. The van der Waals surface area contributed by atoms with Crippen LogP contribution in [0.4, 0.5) is 11.6 Å². The van der Waals surface area contributed by atoms with Gasteiger partial charge in [0.1, 0.15) is 24.1 Å². The minimum absolute atomic E-state index is 0.307. The first-order valence-corrected chi connectivity index (χ1v) is 11.6. The second kappa shape index (κ2) is 10.1. The predicted octanol–water partition coefficient (Wildman–Crippen LogP) is 4.84. The van der Waals surface area contributed by atoms with Crippen LogP contribution in [-0.2, 0) is 11.4 Å². The maximum atomic E-state index is 13.6. The summed E-state index contributed by atoms with van der Waals surface area (Å²) >= 11 is 6.27. The van der Waals surface area contributed by atoms with E-state index >= 15 is 0 Å². The van der Waals surface area contributed by atoms with Crippen molar-refractivity contribution >= 4 is 29.1 Å². The van der Waals surface area contributed by atoms with E-state index < -0.39 is 6.04 Å². The highest BCUT2D eigenvalue weighted by Gasteiger charge is 2.34. The highest BCUT2D eigenvalue weighted by atomic mass is 35.5. The van der Waals surface area contributed by atoms with Crippen LogP contribution in [0.2, 0.25) is 5.02 Å². The van der Waals surface area contributed by atoms with Crippen LogP contribution in [0.15, 0.2) is 84.1 Å². The summed E-state index contributed by atoms with van der Waals surface area (Å²) in [6.45, 7) is 2.13. The molecule has 1 aliphatic rings. The highest BCUT2D eigenvalue weighted by molar-refractivity contribution is 6.31. The maximum absolute atomic E-state index is 13.6. The summed E-state index contributed by atoms with van der Waals surface area (Å²) in [4.78, 5) is 13.6. The Kier molecular flexibility index (Phi) is 6.55. The third kappa shape index (κ3) is 4.60. The van der Waals surface area contributed by atoms with Gasteiger partial charge in [0, 0.05) is 16.3 Å². The van der Waals surface area contributed by atoms with Crippen LogP contribution in [0.25, 0.3) is 0 Å². The molecule has 36 heavy (non-hydrogen) atoms. The van der Waals surface area contributed by atoms with Gasteiger partial charge >= 0.3 is 0 Å². The molecule has 10 heteroatoms. The monoisotopic (exact) mass is 502 g/mol. The molecule has 0 aliphatic carbocycles. The lowest BCUT2D eigenvalue weighted by atomic mass is 9.94. The number of ether oxygens (including phenoxy) is 2. The minimum Gasteiger partial charge on any atom is -0.495 e. The summed E-state index contributed by atoms with van der Waals surface area (Å²) < 4.78 is 13.0. The SMILES string of the molecule is COc1ccccc1NC(=O)C1=C(C)Nc2nnnn2C1c1cccc(OCc2ccccc2Cl)c1. The largest absolute Gasteiger partial charge is 0.495 e. The number of halogens is 1. The Bertz CT molecular complexity index is 1450. The van der Waals surface area contributed by atoms with E-state index in [2.05, 4.69) is 26.2 Å². The Morgan fingerprint density at radius 2 is 1.92 bits per heavy atom. The fourth-order valence-corrected chi connectivity index (χ4v) is 4.29. The van der Waals surface area contributed by atoms with E-state index in [-0.39, 0.29) is 5.91 Å². The molecule has 2 N–H and O–H groups in total. The number of nitrogens with one attached hydrogen (secondary N) is 2. The first-order chi connectivity index (χ1) is 17.5. The van der Waals surface area contributed by atoms with Gasteiger partial charge in [-0.3, -0.25) is 4.79 Å². The van der Waals surface area contributed by atoms with Crippen LogP contribution in [-0.4, -0.2) is 33.2 Å². The number of rotatable bonds is 7. The lowest BCUT2D eigenvalue weighted by Crippen LogP contribution is -2.31. The number of carbonyl (C=O) groups is 1. The fraction of sp³-hybridized carbons (Fsp3) is 0.154. The molecule has 0 saturated carbocycles. The third-order valence-corrected chi connectivity index (χ3v) is 6.21. The number of nitrogens with zero attached hydrogens (tertiary/aromatic N) is 4. The number of fused-ring (bicyclic) bond motifs is 1. The van der Waals surface area contributed by atoms with E-state index in [1.807, 2.05) is 67.6 Å². The van der Waals surface area contributed by atoms with Crippen molar-refractivity contribution in [1.29, 1.82) is 0 Å². The van der Waals surface area contributed by atoms with E-state index in [9.17, 15) is 4.79 Å². The molecule has 182 valence electrons. The van der Waals surface area contributed by atoms with Crippen LogP contribution in [0.1, 0.15) is 24.1 Å². The van der Waals surface area contributed by atoms with Gasteiger partial charge in [-0.2, -0.15) is 4.68 Å². The number of benzene rings is 3. The van der Waals surface area contributed by atoms with Gasteiger partial charge in [-0.15, -0.1) is 0 Å². The molecule has 1 aliphatic heterocycles. The van der Waals surface area contributed by atoms with Crippen LogP contribution in [0.5, 0.6) is 11.5 Å². The Hall–Kier alpha value is -4.37. The maximum Gasteiger partial charge on any atom is 0.255 e. The summed E-state index contributed by atoms with van der Waals surface area (Å²) in [6, 6.07) is 21.7. The van der Waals surface area contributed by atoms with E-state index in [1.54, 1.807) is 23.9 Å². The van der Waals surface area contributed by atoms with Crippen molar-refractivity contribution in [2.45, 2.75) is 19.6 Å². The van der Waals surface area contributed by atoms with Crippen molar-refractivity contribution in [1.82, 2.24) is 20.2 Å². The molecular weight excluding hydrogens is 480 g/mol. The van der Waals surface area contributed by atoms with E-state index in [4.69, 9.17) is 21.1 Å². The predicted molar refractivity (Wildman–Crippen MR) is 136 cm³/mol. The number of tetrazole rings is 1. The molecule has 0 spiro atoms. The standard InChI is InChI=1S/C26H23ClN6O3/c1-16-23(25(34)29-21-12-5-6-13-22(21)35-2)24(33-26(28-16)30-31-32-33)17-9-7-10-19(14-17)36-15-18-8-3-4-11-20(18)27/h3-14,24H,15H2,1-2H3,(H,29,34)(H,28,30,32). The molecule has 1 aromatic heterocycles. The van der Waals surface area contributed by atoms with Crippen LogP contribution >= 0.6 is 11.6 Å². The van der Waals surface area contributed by atoms with Gasteiger partial charge in [-0.05, 0) is 53.2 Å². The quantitative estimate of drug-likeness (QED) is 0.372. The number of anilines is 2. The molecule has 0 fully saturated rings. The number of hydrogen-bond acceptors (Lipinski definition) is 7. The molecular formula is C26H23ClN6O3. The molecule has 0 saturated heterocycles. The Morgan fingerprint density at radius 1 is 1.11 bits per heavy atom. The van der Waals surface area contributed by atoms with Crippen molar-refractivity contribution in [3.8, 4) is 11.5 Å². The van der Waals surface area contributed by atoms with Crippen molar-refractivity contribution < 1.29 is 14.3 Å². The van der Waals surface area contributed by atoms with Gasteiger partial charge in [0.2, 0.25) is 5.95 Å². The summed E-state index contributed by atoms with van der Waals surface area (Å²) in [6.07, 6.45) is 0. The summed E-state index contributed by atoms with van der Waals surface area (Å²) in [7, 11) is 1.56. The molecule has 0 radical (unpaired) electrons. The Balaban J connectivity index is 1.48. The molecule has 2 heterocycles. The zero-order valence-electron chi connectivity index (χ0n) is 19.6. The molecule has 0 bridgehead atoms. The van der Waals surface area contributed by atoms with Crippen LogP contribution < -0.4 is 20.1 Å². The van der Waals surface area contributed by atoms with Gasteiger partial charge in [0.05, 0.1) is 18.4 Å². The zero-order chi connectivity index (χ0) is 25.1. The van der Waals surface area contributed by atoms with E-state index in [0.717, 1.165) is 11.1 Å². The molecule has 4 aromatic rings. The normalized spacial score (nSPS) is 14.6. The molecule has 1 amide bonds. The number of para-hydroxylation sites is 2. The average molecular weight is 503 g/mol. The number of aromatic nitrogens is 4. The second-order valence-corrected chi connectivity index (χ2v) is 8.53.